The Hall–Kier alpha value is -12.8. The Morgan fingerprint density at radius 1 is 0.276 bits per heavy atom. The van der Waals surface area contributed by atoms with Crippen LogP contribution in [0, 0.1) is 0 Å². The first kappa shape index (κ1) is 60.9. The van der Waals surface area contributed by atoms with Crippen LogP contribution in [0.15, 0.2) is 330 Å². The lowest BCUT2D eigenvalue weighted by molar-refractivity contribution is 0.590. The van der Waals surface area contributed by atoms with Crippen molar-refractivity contribution in [2.75, 3.05) is 9.80 Å². The SMILES string of the molecule is CC(C)(C)c1cc(-c2ccccc2)c(N2c3cc(-n4c5ccccc5c5c6oc7ccccc7c6ccc54)ccc3B3c4ccc(-n5c6ccccc6c6c7oc8ccccc8c7ccc65)cc4N(c4c(-c5ccccc5)cc(C(C)(C)C)cc4-c4ccccc4)c4cccc2c43)c(-c2ccccc2)c1. The topological polar surface area (TPSA) is 42.6 Å². The second-order valence-corrected chi connectivity index (χ2v) is 30.7. The first-order valence-electron chi connectivity index (χ1n) is 36.7. The molecule has 0 unspecified atom stereocenters. The van der Waals surface area contributed by atoms with Crippen molar-refractivity contribution in [3.63, 3.8) is 0 Å². The van der Waals surface area contributed by atoms with Crippen LogP contribution >= 0.6 is 0 Å². The highest BCUT2D eigenvalue weighted by Gasteiger charge is 2.46. The molecule has 4 aromatic heterocycles. The molecule has 2 aliphatic rings. The normalized spacial score (nSPS) is 13.0. The number of aromatic nitrogens is 2. The van der Waals surface area contributed by atoms with Crippen molar-refractivity contribution >= 4 is 145 Å². The Morgan fingerprint density at radius 3 is 0.990 bits per heavy atom. The number of fused-ring (bicyclic) bond motifs is 18. The Bertz CT molecular complexity index is 6280. The van der Waals surface area contributed by atoms with Gasteiger partial charge in [0, 0.05) is 88.7 Å². The maximum Gasteiger partial charge on any atom is 0.252 e. The van der Waals surface area contributed by atoms with Crippen LogP contribution in [0.25, 0.3) is 143 Å². The van der Waals surface area contributed by atoms with Gasteiger partial charge >= 0.3 is 0 Å². The van der Waals surface area contributed by atoms with E-state index < -0.39 is 0 Å². The highest BCUT2D eigenvalue weighted by molar-refractivity contribution is 7.00. The minimum absolute atomic E-state index is 0.200. The summed E-state index contributed by atoms with van der Waals surface area (Å²) in [6.07, 6.45) is 0. The molecule has 0 N–H and O–H groups in total. The van der Waals surface area contributed by atoms with Crippen LogP contribution in [-0.2, 0) is 10.8 Å². The monoisotopic (exact) mass is 1350 g/mol. The van der Waals surface area contributed by atoms with Gasteiger partial charge in [0.2, 0.25) is 0 Å². The fourth-order valence-electron chi connectivity index (χ4n) is 17.7. The van der Waals surface area contributed by atoms with Crippen molar-refractivity contribution in [2.45, 2.75) is 52.4 Å². The van der Waals surface area contributed by atoms with Gasteiger partial charge in [0.25, 0.3) is 6.71 Å². The molecule has 498 valence electrons. The zero-order valence-electron chi connectivity index (χ0n) is 59.3. The second kappa shape index (κ2) is 22.8. The molecule has 0 saturated carbocycles. The zero-order valence-corrected chi connectivity index (χ0v) is 59.3. The number of nitrogens with zero attached hydrogens (tertiary/aromatic N) is 4. The lowest BCUT2D eigenvalue weighted by Crippen LogP contribution is -2.61. The summed E-state index contributed by atoms with van der Waals surface area (Å²) in [4.78, 5) is 5.34. The van der Waals surface area contributed by atoms with Gasteiger partial charge in [0.1, 0.15) is 22.3 Å². The van der Waals surface area contributed by atoms with Gasteiger partial charge in [-0.15, -0.1) is 0 Å². The van der Waals surface area contributed by atoms with E-state index in [0.29, 0.717) is 0 Å². The fourth-order valence-corrected chi connectivity index (χ4v) is 17.7. The molecule has 0 amide bonds. The highest BCUT2D eigenvalue weighted by atomic mass is 16.3. The van der Waals surface area contributed by atoms with Gasteiger partial charge in [-0.3, -0.25) is 0 Å². The maximum absolute atomic E-state index is 6.95. The predicted molar refractivity (Wildman–Crippen MR) is 443 cm³/mol. The molecule has 19 aromatic rings. The third kappa shape index (κ3) is 9.17. The van der Waals surface area contributed by atoms with Crippen LogP contribution in [0.4, 0.5) is 34.1 Å². The van der Waals surface area contributed by atoms with Crippen LogP contribution in [0.1, 0.15) is 52.7 Å². The second-order valence-electron chi connectivity index (χ2n) is 30.7. The molecule has 6 nitrogen and oxygen atoms in total. The third-order valence-corrected chi connectivity index (χ3v) is 22.6. The first-order chi connectivity index (χ1) is 51.4. The molecule has 0 fully saturated rings. The van der Waals surface area contributed by atoms with E-state index in [-0.39, 0.29) is 17.5 Å². The molecule has 0 radical (unpaired) electrons. The van der Waals surface area contributed by atoms with E-state index in [0.717, 1.165) is 177 Å². The number of benzene rings is 15. The number of para-hydroxylation sites is 4. The van der Waals surface area contributed by atoms with Gasteiger partial charge in [-0.25, -0.2) is 0 Å². The van der Waals surface area contributed by atoms with E-state index >= 15 is 0 Å². The molecule has 6 heterocycles. The smallest absolute Gasteiger partial charge is 0.252 e. The van der Waals surface area contributed by atoms with Crippen LogP contribution in [0.3, 0.4) is 0 Å². The molecule has 0 atom stereocenters. The number of hydrogen-bond acceptors (Lipinski definition) is 4. The average molecular weight is 1350 g/mol. The van der Waals surface area contributed by atoms with Crippen LogP contribution in [0.2, 0.25) is 0 Å². The van der Waals surface area contributed by atoms with Gasteiger partial charge in [-0.2, -0.15) is 0 Å². The number of furan rings is 2. The molecule has 2 aliphatic heterocycles. The minimum Gasteiger partial charge on any atom is -0.455 e. The third-order valence-electron chi connectivity index (χ3n) is 22.6. The Balaban J connectivity index is 0.910. The van der Waals surface area contributed by atoms with Crippen molar-refractivity contribution in [3.05, 3.63) is 333 Å². The molecular weight excluding hydrogens is 1280 g/mol. The van der Waals surface area contributed by atoms with Gasteiger partial charge in [-0.1, -0.05) is 254 Å². The molecule has 0 saturated heterocycles. The molecule has 7 heteroatoms. The van der Waals surface area contributed by atoms with E-state index in [2.05, 4.69) is 382 Å². The van der Waals surface area contributed by atoms with E-state index in [4.69, 9.17) is 8.83 Å². The van der Waals surface area contributed by atoms with Crippen molar-refractivity contribution in [1.82, 2.24) is 9.13 Å². The zero-order chi connectivity index (χ0) is 70.1. The number of anilines is 6. The molecule has 15 aromatic carbocycles. The van der Waals surface area contributed by atoms with Gasteiger partial charge < -0.3 is 27.8 Å². The maximum atomic E-state index is 6.95. The van der Waals surface area contributed by atoms with Gasteiger partial charge in [0.05, 0.1) is 44.2 Å². The van der Waals surface area contributed by atoms with E-state index in [1.807, 2.05) is 0 Å². The standard InChI is InChI=1S/C98H71BN4O2/c1-97(2,3)64-54-74(60-28-11-7-12-29-60)93(75(55-64)61-30-13-8-14-31-61)102-84-42-27-43-85-92(84)99(78-50-46-66(58-86(78)102)100-80-40-23-19-38-72(80)90-82(100)52-48-70-68-36-21-25-44-88(68)104-95(70)90)79-51-47-67(101-81-41-24-20-39-73(81)91-83(101)53-49-71-69-37-22-26-45-89(69)105-96(71)91)59-87(79)103(85)94-76(62-32-15-9-16-33-62)56-65(98(4,5)6)57-77(94)63-34-17-10-18-35-63/h7-59H,1-6H3. The van der Waals surface area contributed by atoms with E-state index in [9.17, 15) is 0 Å². The summed E-state index contributed by atoms with van der Waals surface area (Å²) < 4.78 is 18.9. The molecule has 0 aliphatic carbocycles. The van der Waals surface area contributed by atoms with Crippen molar-refractivity contribution < 1.29 is 8.83 Å². The summed E-state index contributed by atoms with van der Waals surface area (Å²) in [5.74, 6) is 0. The lowest BCUT2D eigenvalue weighted by Gasteiger charge is -2.46. The summed E-state index contributed by atoms with van der Waals surface area (Å²) in [5.41, 5.74) is 31.6. The van der Waals surface area contributed by atoms with Gasteiger partial charge in [0.15, 0.2) is 0 Å². The summed E-state index contributed by atoms with van der Waals surface area (Å²) in [6.45, 7) is 13.8. The Labute approximate surface area is 609 Å². The molecule has 21 rings (SSSR count). The summed E-state index contributed by atoms with van der Waals surface area (Å²) in [6, 6.07) is 120. The van der Waals surface area contributed by atoms with Crippen molar-refractivity contribution in [3.8, 4) is 55.9 Å². The molecule has 0 bridgehead atoms. The first-order valence-corrected chi connectivity index (χ1v) is 36.7. The van der Waals surface area contributed by atoms with Gasteiger partial charge in [-0.05, 0) is 170 Å². The summed E-state index contributed by atoms with van der Waals surface area (Å²) >= 11 is 0. The highest BCUT2D eigenvalue weighted by Crippen LogP contribution is 2.55. The average Bonchev–Trinajstić information content (AvgIpc) is 1.12. The Kier molecular flexibility index (Phi) is 13.2. The fraction of sp³-hybridized carbons (Fsp3) is 0.0816. The molecule has 105 heavy (non-hydrogen) atoms. The largest absolute Gasteiger partial charge is 0.455 e. The van der Waals surface area contributed by atoms with Crippen LogP contribution in [-0.4, -0.2) is 15.8 Å². The number of rotatable bonds is 8. The lowest BCUT2D eigenvalue weighted by atomic mass is 9.33. The number of hydrogen-bond donors (Lipinski definition) is 0. The predicted octanol–water partition coefficient (Wildman–Crippen LogP) is 25.0. The van der Waals surface area contributed by atoms with E-state index in [1.165, 1.54) is 27.5 Å². The minimum atomic E-state index is -0.262. The summed E-state index contributed by atoms with van der Waals surface area (Å²) in [5, 5.41) is 8.92. The molecular formula is C98H71BN4O2. The van der Waals surface area contributed by atoms with Crippen molar-refractivity contribution in [1.29, 1.82) is 0 Å². The Morgan fingerprint density at radius 2 is 0.619 bits per heavy atom. The van der Waals surface area contributed by atoms with Crippen LogP contribution < -0.4 is 26.2 Å². The van der Waals surface area contributed by atoms with E-state index in [1.54, 1.807) is 0 Å². The summed E-state index contributed by atoms with van der Waals surface area (Å²) in [7, 11) is 0. The van der Waals surface area contributed by atoms with Crippen molar-refractivity contribution in [2.24, 2.45) is 0 Å². The molecule has 0 spiro atoms. The quantitative estimate of drug-likeness (QED) is 0.142. The van der Waals surface area contributed by atoms with Crippen LogP contribution in [0.5, 0.6) is 0 Å².